The third-order valence-corrected chi connectivity index (χ3v) is 4.26. The summed E-state index contributed by atoms with van der Waals surface area (Å²) in [6.07, 6.45) is 0.426. The van der Waals surface area contributed by atoms with E-state index in [9.17, 15) is 9.59 Å². The van der Waals surface area contributed by atoms with Gasteiger partial charge in [-0.2, -0.15) is 0 Å². The van der Waals surface area contributed by atoms with Gasteiger partial charge >= 0.3 is 5.97 Å². The lowest BCUT2D eigenvalue weighted by Gasteiger charge is -2.09. The summed E-state index contributed by atoms with van der Waals surface area (Å²) in [4.78, 5) is 22.8. The summed E-state index contributed by atoms with van der Waals surface area (Å²) in [5, 5.41) is 13.6. The first-order chi connectivity index (χ1) is 9.58. The van der Waals surface area contributed by atoms with Crippen molar-refractivity contribution >= 4 is 44.3 Å². The Kier molecular flexibility index (Phi) is 3.22. The molecule has 0 aromatic heterocycles. The first-order valence-corrected chi connectivity index (χ1v) is 7.08. The van der Waals surface area contributed by atoms with Crippen LogP contribution in [0, 0.1) is 11.8 Å². The van der Waals surface area contributed by atoms with E-state index in [1.807, 2.05) is 36.4 Å². The lowest BCUT2D eigenvalue weighted by molar-refractivity contribution is -0.139. The van der Waals surface area contributed by atoms with E-state index in [1.165, 1.54) is 0 Å². The van der Waals surface area contributed by atoms with Crippen LogP contribution < -0.4 is 5.32 Å². The quantitative estimate of drug-likeness (QED) is 0.905. The Labute approximate surface area is 123 Å². The summed E-state index contributed by atoms with van der Waals surface area (Å²) in [6, 6.07) is 11.4. The average Bonchev–Trinajstić information content (AvgIpc) is 3.23. The summed E-state index contributed by atoms with van der Waals surface area (Å²) in [5.74, 6) is -2.05. The van der Waals surface area contributed by atoms with Crippen LogP contribution in [0.1, 0.15) is 6.42 Å². The van der Waals surface area contributed by atoms with Gasteiger partial charge in [-0.3, -0.25) is 9.59 Å². The van der Waals surface area contributed by atoms with Crippen LogP contribution in [0.25, 0.3) is 10.8 Å². The molecule has 1 saturated carbocycles. The van der Waals surface area contributed by atoms with E-state index in [2.05, 4.69) is 21.2 Å². The van der Waals surface area contributed by atoms with Crippen molar-refractivity contribution < 1.29 is 14.7 Å². The summed E-state index contributed by atoms with van der Waals surface area (Å²) in [5.41, 5.74) is 0.713. The molecule has 102 valence electrons. The number of carboxylic acids is 1. The van der Waals surface area contributed by atoms with Crippen LogP contribution in [0.3, 0.4) is 0 Å². The standard InChI is InChI=1S/C15H12BrNO3/c16-12-5-6-13(9-4-2-1-3-8(9)12)17-14(18)10-7-11(10)15(19)20/h1-6,10-11H,7H2,(H,17,18)(H,19,20)/t10-,11+/m1/s1. The molecule has 0 bridgehead atoms. The Hall–Kier alpha value is -1.88. The Bertz CT molecular complexity index is 713. The summed E-state index contributed by atoms with van der Waals surface area (Å²) in [7, 11) is 0. The van der Waals surface area contributed by atoms with Crippen molar-refractivity contribution in [2.75, 3.05) is 5.32 Å². The molecule has 2 N–H and O–H groups in total. The van der Waals surface area contributed by atoms with Gasteiger partial charge in [0, 0.05) is 15.5 Å². The molecular formula is C15H12BrNO3. The minimum atomic E-state index is -0.897. The number of halogens is 1. The van der Waals surface area contributed by atoms with E-state index in [1.54, 1.807) is 0 Å². The zero-order chi connectivity index (χ0) is 14.3. The van der Waals surface area contributed by atoms with Gasteiger partial charge in [-0.15, -0.1) is 0 Å². The van der Waals surface area contributed by atoms with E-state index < -0.39 is 17.8 Å². The van der Waals surface area contributed by atoms with Crippen LogP contribution in [0.2, 0.25) is 0 Å². The molecule has 5 heteroatoms. The molecule has 0 saturated heterocycles. The van der Waals surface area contributed by atoms with E-state index in [0.29, 0.717) is 12.1 Å². The van der Waals surface area contributed by atoms with E-state index in [0.717, 1.165) is 15.2 Å². The predicted molar refractivity (Wildman–Crippen MR) is 79.5 cm³/mol. The number of fused-ring (bicyclic) bond motifs is 1. The molecule has 0 heterocycles. The molecule has 1 amide bonds. The lowest BCUT2D eigenvalue weighted by Crippen LogP contribution is -2.17. The van der Waals surface area contributed by atoms with Gasteiger partial charge in [0.15, 0.2) is 0 Å². The van der Waals surface area contributed by atoms with E-state index >= 15 is 0 Å². The van der Waals surface area contributed by atoms with Gasteiger partial charge in [0.2, 0.25) is 5.91 Å². The van der Waals surface area contributed by atoms with Crippen molar-refractivity contribution in [1.82, 2.24) is 0 Å². The number of hydrogen-bond acceptors (Lipinski definition) is 2. The van der Waals surface area contributed by atoms with Crippen molar-refractivity contribution in [3.05, 3.63) is 40.9 Å². The van der Waals surface area contributed by atoms with E-state index in [4.69, 9.17) is 5.11 Å². The second-order valence-corrected chi connectivity index (χ2v) is 5.77. The number of rotatable bonds is 3. The molecule has 0 unspecified atom stereocenters. The lowest BCUT2D eigenvalue weighted by atomic mass is 10.1. The fourth-order valence-electron chi connectivity index (χ4n) is 2.35. The smallest absolute Gasteiger partial charge is 0.307 e. The maximum Gasteiger partial charge on any atom is 0.307 e. The van der Waals surface area contributed by atoms with Crippen LogP contribution in [0.5, 0.6) is 0 Å². The zero-order valence-corrected chi connectivity index (χ0v) is 12.1. The summed E-state index contributed by atoms with van der Waals surface area (Å²) < 4.78 is 0.959. The molecule has 2 aromatic carbocycles. The molecule has 3 rings (SSSR count). The minimum Gasteiger partial charge on any atom is -0.481 e. The van der Waals surface area contributed by atoms with Crippen molar-refractivity contribution in [2.45, 2.75) is 6.42 Å². The van der Waals surface area contributed by atoms with Gasteiger partial charge < -0.3 is 10.4 Å². The first kappa shape index (κ1) is 13.1. The van der Waals surface area contributed by atoms with Gasteiger partial charge in [0.05, 0.1) is 11.8 Å². The number of carbonyl (C=O) groups is 2. The number of amides is 1. The number of hydrogen-bond donors (Lipinski definition) is 2. The van der Waals surface area contributed by atoms with E-state index in [-0.39, 0.29) is 5.91 Å². The van der Waals surface area contributed by atoms with Gasteiger partial charge in [-0.25, -0.2) is 0 Å². The van der Waals surface area contributed by atoms with Gasteiger partial charge in [-0.1, -0.05) is 40.2 Å². The first-order valence-electron chi connectivity index (χ1n) is 6.29. The van der Waals surface area contributed by atoms with Crippen molar-refractivity contribution in [2.24, 2.45) is 11.8 Å². The van der Waals surface area contributed by atoms with Gasteiger partial charge in [-0.05, 0) is 23.9 Å². The Morgan fingerprint density at radius 2 is 1.80 bits per heavy atom. The predicted octanol–water partition coefficient (Wildman–Crippen LogP) is 3.26. The fraction of sp³-hybridized carbons (Fsp3) is 0.200. The third-order valence-electron chi connectivity index (χ3n) is 3.57. The van der Waals surface area contributed by atoms with Crippen molar-refractivity contribution in [1.29, 1.82) is 0 Å². The Morgan fingerprint density at radius 1 is 1.10 bits per heavy atom. The largest absolute Gasteiger partial charge is 0.481 e. The third kappa shape index (κ3) is 2.29. The van der Waals surface area contributed by atoms with Crippen LogP contribution in [0.15, 0.2) is 40.9 Å². The maximum atomic E-state index is 12.0. The number of carbonyl (C=O) groups excluding carboxylic acids is 1. The molecule has 0 spiro atoms. The highest BCUT2D eigenvalue weighted by molar-refractivity contribution is 9.10. The molecule has 2 atom stereocenters. The van der Waals surface area contributed by atoms with Crippen molar-refractivity contribution in [3.8, 4) is 0 Å². The number of carboxylic acid groups (broad SMARTS) is 1. The van der Waals surface area contributed by atoms with Crippen LogP contribution >= 0.6 is 15.9 Å². The van der Waals surface area contributed by atoms with Gasteiger partial charge in [0.1, 0.15) is 0 Å². The molecule has 4 nitrogen and oxygen atoms in total. The highest BCUT2D eigenvalue weighted by atomic mass is 79.9. The minimum absolute atomic E-state index is 0.218. The molecule has 1 fully saturated rings. The highest BCUT2D eigenvalue weighted by Gasteiger charge is 2.48. The number of anilines is 1. The molecule has 1 aliphatic carbocycles. The summed E-state index contributed by atoms with van der Waals surface area (Å²) in [6.45, 7) is 0. The monoisotopic (exact) mass is 333 g/mol. The highest BCUT2D eigenvalue weighted by Crippen LogP contribution is 2.40. The number of nitrogens with one attached hydrogen (secondary N) is 1. The second-order valence-electron chi connectivity index (χ2n) is 4.92. The fourth-order valence-corrected chi connectivity index (χ4v) is 2.83. The summed E-state index contributed by atoms with van der Waals surface area (Å²) >= 11 is 3.48. The molecule has 1 aliphatic rings. The van der Waals surface area contributed by atoms with Crippen LogP contribution in [0.4, 0.5) is 5.69 Å². The number of aliphatic carboxylic acids is 1. The van der Waals surface area contributed by atoms with Crippen LogP contribution in [-0.4, -0.2) is 17.0 Å². The molecule has 0 radical (unpaired) electrons. The molecule has 2 aromatic rings. The normalized spacial score (nSPS) is 20.6. The number of benzene rings is 2. The molecule has 0 aliphatic heterocycles. The van der Waals surface area contributed by atoms with Crippen molar-refractivity contribution in [3.63, 3.8) is 0 Å². The Balaban J connectivity index is 1.87. The average molecular weight is 334 g/mol. The topological polar surface area (TPSA) is 66.4 Å². The SMILES string of the molecule is O=C(O)[C@H]1C[C@H]1C(=O)Nc1ccc(Br)c2ccccc12. The van der Waals surface area contributed by atoms with Crippen LogP contribution in [-0.2, 0) is 9.59 Å². The molecule has 20 heavy (non-hydrogen) atoms. The zero-order valence-electron chi connectivity index (χ0n) is 10.5. The maximum absolute atomic E-state index is 12.0. The Morgan fingerprint density at radius 3 is 2.45 bits per heavy atom. The molecular weight excluding hydrogens is 322 g/mol. The second kappa shape index (κ2) is 4.90. The van der Waals surface area contributed by atoms with Gasteiger partial charge in [0.25, 0.3) is 0 Å².